The molecule has 1 aliphatic heterocycles. The van der Waals surface area contributed by atoms with Crippen LogP contribution in [0.25, 0.3) is 0 Å². The molecule has 0 saturated carbocycles. The number of rotatable bonds is 7. The number of hydrazine groups is 1. The smallest absolute Gasteiger partial charge is 0.280 e. The second kappa shape index (κ2) is 9.42. The van der Waals surface area contributed by atoms with Crippen LogP contribution in [0.3, 0.4) is 0 Å². The quantitative estimate of drug-likeness (QED) is 0.301. The largest absolute Gasteiger partial charge is 0.497 e. The summed E-state index contributed by atoms with van der Waals surface area (Å²) in [6.07, 6.45) is 2.18. The average molecular weight is 444 g/mol. The summed E-state index contributed by atoms with van der Waals surface area (Å²) < 4.78 is 30.8. The number of benzene rings is 2. The summed E-state index contributed by atoms with van der Waals surface area (Å²) in [6.45, 7) is 2.65. The van der Waals surface area contributed by atoms with Gasteiger partial charge in [-0.15, -0.1) is 0 Å². The molecule has 3 rings (SSSR count). The third-order valence-corrected chi connectivity index (χ3v) is 6.61. The summed E-state index contributed by atoms with van der Waals surface area (Å²) in [7, 11) is -2.62. The highest BCUT2D eigenvalue weighted by Gasteiger charge is 2.30. The second-order valence-corrected chi connectivity index (χ2v) is 9.11. The number of carbonyl (C=O) groups excluding carboxylic acids is 2. The lowest BCUT2D eigenvalue weighted by atomic mass is 10.1. The van der Waals surface area contributed by atoms with E-state index < -0.39 is 15.9 Å². The van der Waals surface area contributed by atoms with Crippen LogP contribution >= 0.6 is 0 Å². The van der Waals surface area contributed by atoms with Gasteiger partial charge in [0.05, 0.1) is 18.6 Å². The van der Waals surface area contributed by atoms with Gasteiger partial charge in [-0.25, -0.2) is 5.84 Å². The van der Waals surface area contributed by atoms with Gasteiger partial charge in [-0.1, -0.05) is 23.8 Å². The summed E-state index contributed by atoms with van der Waals surface area (Å²) in [4.78, 5) is 27.1. The number of ether oxygens (including phenoxy) is 1. The van der Waals surface area contributed by atoms with Gasteiger partial charge in [0.2, 0.25) is 0 Å². The minimum absolute atomic E-state index is 0.0584. The number of Topliss-reactive ketones (excluding diaryl/α,β-unsaturated/α-hetero) is 1. The molecule has 0 atom stereocenters. The molecule has 2 aromatic carbocycles. The van der Waals surface area contributed by atoms with E-state index >= 15 is 0 Å². The molecule has 1 aliphatic rings. The number of hydrogen-bond donors (Lipinski definition) is 1. The lowest BCUT2D eigenvalue weighted by Gasteiger charge is -2.27. The number of amides is 1. The van der Waals surface area contributed by atoms with E-state index in [1.165, 1.54) is 12.1 Å². The molecular weight excluding hydrogens is 418 g/mol. The maximum atomic E-state index is 12.8. The molecule has 164 valence electrons. The predicted molar refractivity (Wildman–Crippen MR) is 116 cm³/mol. The van der Waals surface area contributed by atoms with Crippen LogP contribution in [0.15, 0.2) is 65.1 Å². The maximum absolute atomic E-state index is 12.8. The highest BCUT2D eigenvalue weighted by atomic mass is 32.2. The Hall–Kier alpha value is -3.01. The van der Waals surface area contributed by atoms with E-state index in [1.807, 2.05) is 6.92 Å². The molecule has 0 fully saturated rings. The Kier molecular flexibility index (Phi) is 6.89. The van der Waals surface area contributed by atoms with Crippen LogP contribution in [0.2, 0.25) is 0 Å². The number of sulfonamides is 1. The van der Waals surface area contributed by atoms with Crippen LogP contribution < -0.4 is 10.6 Å². The third kappa shape index (κ3) is 5.19. The van der Waals surface area contributed by atoms with Gasteiger partial charge in [0.15, 0.2) is 5.78 Å². The normalized spacial score (nSPS) is 14.6. The molecule has 1 amide bonds. The van der Waals surface area contributed by atoms with E-state index in [9.17, 15) is 18.0 Å². The minimum atomic E-state index is -4.17. The lowest BCUT2D eigenvalue weighted by molar-refractivity contribution is -0.123. The van der Waals surface area contributed by atoms with Gasteiger partial charge in [0.1, 0.15) is 5.75 Å². The van der Waals surface area contributed by atoms with Crippen molar-refractivity contribution in [2.75, 3.05) is 26.7 Å². The minimum Gasteiger partial charge on any atom is -0.497 e. The third-order valence-electron chi connectivity index (χ3n) is 5.06. The highest BCUT2D eigenvalue weighted by Crippen LogP contribution is 2.19. The van der Waals surface area contributed by atoms with Crippen molar-refractivity contribution < 1.29 is 22.7 Å². The zero-order chi connectivity index (χ0) is 22.6. The van der Waals surface area contributed by atoms with Gasteiger partial charge < -0.3 is 4.74 Å². The van der Waals surface area contributed by atoms with Crippen molar-refractivity contribution in [2.45, 2.75) is 18.2 Å². The first kappa shape index (κ1) is 22.7. The fourth-order valence-corrected chi connectivity index (χ4v) is 4.28. The first-order valence-corrected chi connectivity index (χ1v) is 11.2. The van der Waals surface area contributed by atoms with Crippen molar-refractivity contribution in [1.82, 2.24) is 9.31 Å². The molecule has 8 nitrogen and oxygen atoms in total. The number of hydrogen-bond acceptors (Lipinski definition) is 7. The average Bonchev–Trinajstić information content (AvgIpc) is 2.78. The molecule has 0 saturated heterocycles. The molecule has 0 spiro atoms. The lowest BCUT2D eigenvalue weighted by Crippen LogP contribution is -2.46. The number of ketones is 1. The van der Waals surface area contributed by atoms with Crippen LogP contribution in [0.5, 0.6) is 5.75 Å². The van der Waals surface area contributed by atoms with Gasteiger partial charge >= 0.3 is 0 Å². The summed E-state index contributed by atoms with van der Waals surface area (Å²) in [5.74, 6) is 5.47. The first-order chi connectivity index (χ1) is 14.7. The molecule has 1 heterocycles. The Morgan fingerprint density at radius 3 is 2.35 bits per heavy atom. The number of carbonyl (C=O) groups is 2. The number of nitrogens with zero attached hydrogens (tertiary/aromatic N) is 2. The number of methoxy groups -OCH3 is 1. The fraction of sp³-hybridized carbons (Fsp3) is 0.273. The van der Waals surface area contributed by atoms with Crippen molar-refractivity contribution in [3.8, 4) is 5.75 Å². The standard InChI is InChI=1S/C22H25N3O5S/c1-16-5-11-20(12-6-16)31(28,29)25(23)22(27)18-4-3-13-24(14-18)15-21(26)17-7-9-19(30-2)10-8-17/h4-12H,3,13-15,23H2,1-2H3. The topological polar surface area (TPSA) is 110 Å². The van der Waals surface area contributed by atoms with E-state index in [0.29, 0.717) is 24.3 Å². The monoisotopic (exact) mass is 443 g/mol. The maximum Gasteiger partial charge on any atom is 0.280 e. The number of nitrogens with two attached hydrogens (primary N) is 1. The molecule has 0 unspecified atom stereocenters. The van der Waals surface area contributed by atoms with Crippen LogP contribution in [-0.4, -0.2) is 56.2 Å². The van der Waals surface area contributed by atoms with E-state index in [1.54, 1.807) is 54.5 Å². The van der Waals surface area contributed by atoms with E-state index in [2.05, 4.69) is 0 Å². The van der Waals surface area contributed by atoms with E-state index in [0.717, 1.165) is 5.56 Å². The van der Waals surface area contributed by atoms with Gasteiger partial charge in [0.25, 0.3) is 15.9 Å². The molecular formula is C22H25N3O5S. The molecule has 2 aromatic rings. The van der Waals surface area contributed by atoms with Gasteiger partial charge in [-0.05, 0) is 49.7 Å². The summed E-state index contributed by atoms with van der Waals surface area (Å²) in [5, 5.41) is 0. The molecule has 0 radical (unpaired) electrons. The molecule has 2 N–H and O–H groups in total. The van der Waals surface area contributed by atoms with Crippen LogP contribution in [-0.2, 0) is 14.8 Å². The first-order valence-electron chi connectivity index (χ1n) is 9.72. The fourth-order valence-electron chi connectivity index (χ4n) is 3.24. The molecule has 0 aromatic heterocycles. The molecule has 31 heavy (non-hydrogen) atoms. The van der Waals surface area contributed by atoms with Crippen molar-refractivity contribution >= 4 is 21.7 Å². The van der Waals surface area contributed by atoms with Gasteiger partial charge in [0, 0.05) is 24.2 Å². The Bertz CT molecular complexity index is 1090. The SMILES string of the molecule is COc1ccc(C(=O)CN2CCC=C(C(=O)N(N)S(=O)(=O)c3ccc(C)cc3)C2)cc1. The summed E-state index contributed by atoms with van der Waals surface area (Å²) in [5.41, 5.74) is 1.67. The highest BCUT2D eigenvalue weighted by molar-refractivity contribution is 7.89. The van der Waals surface area contributed by atoms with Crippen molar-refractivity contribution in [3.05, 3.63) is 71.3 Å². The van der Waals surface area contributed by atoms with Gasteiger partial charge in [-0.3, -0.25) is 14.5 Å². The van der Waals surface area contributed by atoms with Crippen LogP contribution in [0.4, 0.5) is 0 Å². The second-order valence-electron chi connectivity index (χ2n) is 7.30. The van der Waals surface area contributed by atoms with E-state index in [4.69, 9.17) is 10.6 Å². The summed E-state index contributed by atoms with van der Waals surface area (Å²) in [6, 6.07) is 12.9. The van der Waals surface area contributed by atoms with Crippen molar-refractivity contribution in [3.63, 3.8) is 0 Å². The molecule has 9 heteroatoms. The van der Waals surface area contributed by atoms with Gasteiger partial charge in [-0.2, -0.15) is 12.8 Å². The Morgan fingerprint density at radius 1 is 1.10 bits per heavy atom. The van der Waals surface area contributed by atoms with Crippen LogP contribution in [0.1, 0.15) is 22.3 Å². The predicted octanol–water partition coefficient (Wildman–Crippen LogP) is 1.91. The molecule has 0 aliphatic carbocycles. The van der Waals surface area contributed by atoms with E-state index in [-0.39, 0.29) is 33.8 Å². The summed E-state index contributed by atoms with van der Waals surface area (Å²) >= 11 is 0. The van der Waals surface area contributed by atoms with Crippen LogP contribution in [0, 0.1) is 6.92 Å². The Morgan fingerprint density at radius 2 is 1.74 bits per heavy atom. The Balaban J connectivity index is 1.67. The Labute approximate surface area is 181 Å². The zero-order valence-electron chi connectivity index (χ0n) is 17.4. The zero-order valence-corrected chi connectivity index (χ0v) is 18.3. The van der Waals surface area contributed by atoms with Crippen molar-refractivity contribution in [1.29, 1.82) is 0 Å². The number of aryl methyl sites for hydroxylation is 1. The molecule has 0 bridgehead atoms. The van der Waals surface area contributed by atoms with Crippen molar-refractivity contribution in [2.24, 2.45) is 5.84 Å².